The van der Waals surface area contributed by atoms with Gasteiger partial charge in [-0.05, 0) is 39.0 Å². The standard InChI is InChI=1S/C17H21ClN2O2S/c1-11-8-14(13(3)20(11)12(2)9-22-4)16(21)10-23-17-15(18)6-5-7-19-17/h5-8,12H,9-10H2,1-4H3. The molecule has 0 bridgehead atoms. The molecular weight excluding hydrogens is 332 g/mol. The first kappa shape index (κ1) is 18.0. The number of thioether (sulfide) groups is 1. The van der Waals surface area contributed by atoms with E-state index in [9.17, 15) is 4.79 Å². The number of pyridine rings is 1. The van der Waals surface area contributed by atoms with Crippen molar-refractivity contribution in [2.45, 2.75) is 31.8 Å². The number of carbonyl (C=O) groups excluding carboxylic acids is 1. The van der Waals surface area contributed by atoms with Crippen LogP contribution in [0.2, 0.25) is 5.02 Å². The average Bonchev–Trinajstić information content (AvgIpc) is 2.81. The Morgan fingerprint density at radius 3 is 2.87 bits per heavy atom. The quantitative estimate of drug-likeness (QED) is 0.549. The summed E-state index contributed by atoms with van der Waals surface area (Å²) in [5, 5.41) is 1.26. The zero-order valence-electron chi connectivity index (χ0n) is 13.8. The molecule has 0 N–H and O–H groups in total. The molecule has 0 spiro atoms. The van der Waals surface area contributed by atoms with Gasteiger partial charge < -0.3 is 9.30 Å². The third-order valence-electron chi connectivity index (χ3n) is 3.70. The topological polar surface area (TPSA) is 44.1 Å². The lowest BCUT2D eigenvalue weighted by Crippen LogP contribution is -2.14. The Labute approximate surface area is 146 Å². The number of aryl methyl sites for hydroxylation is 1. The molecule has 1 atom stereocenters. The molecule has 2 aromatic heterocycles. The van der Waals surface area contributed by atoms with Gasteiger partial charge in [-0.2, -0.15) is 0 Å². The number of nitrogens with zero attached hydrogens (tertiary/aromatic N) is 2. The van der Waals surface area contributed by atoms with E-state index in [4.69, 9.17) is 16.3 Å². The van der Waals surface area contributed by atoms with Gasteiger partial charge in [0.2, 0.25) is 0 Å². The van der Waals surface area contributed by atoms with Crippen LogP contribution in [0.3, 0.4) is 0 Å². The zero-order valence-corrected chi connectivity index (χ0v) is 15.4. The molecule has 0 radical (unpaired) electrons. The molecule has 124 valence electrons. The predicted molar refractivity (Wildman–Crippen MR) is 94.8 cm³/mol. The van der Waals surface area contributed by atoms with Crippen molar-refractivity contribution >= 4 is 29.1 Å². The Hall–Kier alpha value is -1.30. The fraction of sp³-hybridized carbons (Fsp3) is 0.412. The molecule has 0 saturated heterocycles. The van der Waals surface area contributed by atoms with Gasteiger partial charge in [-0.25, -0.2) is 4.98 Å². The van der Waals surface area contributed by atoms with Gasteiger partial charge in [-0.15, -0.1) is 0 Å². The summed E-state index contributed by atoms with van der Waals surface area (Å²) in [6.45, 7) is 6.69. The number of rotatable bonds is 7. The highest BCUT2D eigenvalue weighted by Crippen LogP contribution is 2.27. The van der Waals surface area contributed by atoms with E-state index < -0.39 is 0 Å². The molecular formula is C17H21ClN2O2S. The van der Waals surface area contributed by atoms with Gasteiger partial charge >= 0.3 is 0 Å². The third-order valence-corrected chi connectivity index (χ3v) is 5.12. The molecule has 0 aliphatic heterocycles. The molecule has 0 aromatic carbocycles. The van der Waals surface area contributed by atoms with Crippen LogP contribution >= 0.6 is 23.4 Å². The van der Waals surface area contributed by atoms with E-state index in [1.165, 1.54) is 11.8 Å². The Kier molecular flexibility index (Phi) is 6.27. The molecule has 0 aliphatic carbocycles. The number of carbonyl (C=O) groups is 1. The number of aromatic nitrogens is 2. The van der Waals surface area contributed by atoms with Crippen LogP contribution in [0.1, 0.15) is 34.7 Å². The summed E-state index contributed by atoms with van der Waals surface area (Å²) < 4.78 is 7.37. The summed E-state index contributed by atoms with van der Waals surface area (Å²) in [5.74, 6) is 0.403. The van der Waals surface area contributed by atoms with Gasteiger partial charge in [0.05, 0.1) is 23.4 Å². The van der Waals surface area contributed by atoms with Crippen molar-refractivity contribution in [2.75, 3.05) is 19.5 Å². The first-order valence-electron chi connectivity index (χ1n) is 7.39. The summed E-state index contributed by atoms with van der Waals surface area (Å²) in [4.78, 5) is 16.8. The lowest BCUT2D eigenvalue weighted by Gasteiger charge is -2.17. The number of Topliss-reactive ketones (excluding diaryl/α,β-unsaturated/α-hetero) is 1. The van der Waals surface area contributed by atoms with E-state index in [2.05, 4.69) is 16.5 Å². The molecule has 23 heavy (non-hydrogen) atoms. The SMILES string of the molecule is COCC(C)n1c(C)cc(C(=O)CSc2ncccc2Cl)c1C. The zero-order chi connectivity index (χ0) is 17.0. The van der Waals surface area contributed by atoms with Gasteiger partial charge in [0, 0.05) is 30.3 Å². The normalized spacial score (nSPS) is 12.4. The van der Waals surface area contributed by atoms with Crippen molar-refractivity contribution < 1.29 is 9.53 Å². The minimum atomic E-state index is 0.0840. The van der Waals surface area contributed by atoms with Crippen LogP contribution in [-0.2, 0) is 4.74 Å². The first-order valence-corrected chi connectivity index (χ1v) is 8.76. The fourth-order valence-electron chi connectivity index (χ4n) is 2.74. The van der Waals surface area contributed by atoms with E-state index in [1.807, 2.05) is 19.9 Å². The van der Waals surface area contributed by atoms with Crippen molar-refractivity contribution in [2.24, 2.45) is 0 Å². The summed E-state index contributed by atoms with van der Waals surface area (Å²) in [5.41, 5.74) is 2.80. The Morgan fingerprint density at radius 1 is 1.48 bits per heavy atom. The molecule has 0 saturated carbocycles. The van der Waals surface area contributed by atoms with Crippen LogP contribution in [0.15, 0.2) is 29.4 Å². The van der Waals surface area contributed by atoms with Crippen LogP contribution in [0, 0.1) is 13.8 Å². The Balaban J connectivity index is 2.14. The van der Waals surface area contributed by atoms with Crippen molar-refractivity contribution in [1.29, 1.82) is 0 Å². The number of methoxy groups -OCH3 is 1. The Morgan fingerprint density at radius 2 is 2.22 bits per heavy atom. The van der Waals surface area contributed by atoms with Gasteiger partial charge in [-0.3, -0.25) is 4.79 Å². The van der Waals surface area contributed by atoms with Gasteiger partial charge in [-0.1, -0.05) is 23.4 Å². The Bertz CT molecular complexity index is 700. The monoisotopic (exact) mass is 352 g/mol. The molecule has 4 nitrogen and oxygen atoms in total. The minimum Gasteiger partial charge on any atom is -0.383 e. The molecule has 0 fully saturated rings. The van der Waals surface area contributed by atoms with Gasteiger partial charge in [0.15, 0.2) is 5.78 Å². The van der Waals surface area contributed by atoms with E-state index in [0.29, 0.717) is 22.4 Å². The van der Waals surface area contributed by atoms with Crippen LogP contribution in [0.5, 0.6) is 0 Å². The predicted octanol–water partition coefficient (Wildman–Crippen LogP) is 4.34. The van der Waals surface area contributed by atoms with E-state index >= 15 is 0 Å². The maximum atomic E-state index is 12.6. The van der Waals surface area contributed by atoms with Crippen LogP contribution < -0.4 is 0 Å². The van der Waals surface area contributed by atoms with Crippen molar-refractivity contribution in [1.82, 2.24) is 9.55 Å². The van der Waals surface area contributed by atoms with Crippen molar-refractivity contribution in [3.05, 3.63) is 46.4 Å². The van der Waals surface area contributed by atoms with Crippen molar-refractivity contribution in [3.8, 4) is 0 Å². The third kappa shape index (κ3) is 4.16. The van der Waals surface area contributed by atoms with Crippen molar-refractivity contribution in [3.63, 3.8) is 0 Å². The highest BCUT2D eigenvalue weighted by Gasteiger charge is 2.19. The average molecular weight is 353 g/mol. The highest BCUT2D eigenvalue weighted by atomic mass is 35.5. The second-order valence-corrected chi connectivity index (χ2v) is 6.83. The summed E-state index contributed by atoms with van der Waals surface area (Å²) in [7, 11) is 1.68. The molecule has 2 rings (SSSR count). The minimum absolute atomic E-state index is 0.0840. The van der Waals surface area contributed by atoms with Gasteiger partial charge in [0.25, 0.3) is 0 Å². The summed E-state index contributed by atoms with van der Waals surface area (Å²) in [6.07, 6.45) is 1.68. The molecule has 1 unspecified atom stereocenters. The molecule has 2 aromatic rings. The number of hydrogen-bond donors (Lipinski definition) is 0. The number of hydrogen-bond acceptors (Lipinski definition) is 4. The van der Waals surface area contributed by atoms with E-state index in [1.54, 1.807) is 25.4 Å². The number of halogens is 1. The maximum absolute atomic E-state index is 12.6. The highest BCUT2D eigenvalue weighted by molar-refractivity contribution is 8.00. The lowest BCUT2D eigenvalue weighted by atomic mass is 10.2. The molecule has 2 heterocycles. The van der Waals surface area contributed by atoms with Crippen LogP contribution in [0.25, 0.3) is 0 Å². The van der Waals surface area contributed by atoms with E-state index in [-0.39, 0.29) is 11.8 Å². The fourth-order valence-corrected chi connectivity index (χ4v) is 3.79. The number of ether oxygens (including phenoxy) is 1. The molecule has 0 aliphatic rings. The maximum Gasteiger partial charge on any atom is 0.174 e. The molecule has 6 heteroatoms. The summed E-state index contributed by atoms with van der Waals surface area (Å²) >= 11 is 7.44. The summed E-state index contributed by atoms with van der Waals surface area (Å²) in [6, 6.07) is 5.70. The smallest absolute Gasteiger partial charge is 0.174 e. The second kappa shape index (κ2) is 7.99. The van der Waals surface area contributed by atoms with Crippen LogP contribution in [-0.4, -0.2) is 34.8 Å². The number of ketones is 1. The largest absolute Gasteiger partial charge is 0.383 e. The first-order chi connectivity index (χ1) is 11.0. The molecule has 0 amide bonds. The lowest BCUT2D eigenvalue weighted by molar-refractivity contribution is 0.102. The van der Waals surface area contributed by atoms with Crippen LogP contribution in [0.4, 0.5) is 0 Å². The second-order valence-electron chi connectivity index (χ2n) is 5.46. The van der Waals surface area contributed by atoms with E-state index in [0.717, 1.165) is 17.0 Å². The van der Waals surface area contributed by atoms with Gasteiger partial charge in [0.1, 0.15) is 5.03 Å².